The number of ether oxygens (including phenoxy) is 1. The van der Waals surface area contributed by atoms with E-state index in [1.54, 1.807) is 42.5 Å². The molecule has 20 heavy (non-hydrogen) atoms. The molecule has 0 bridgehead atoms. The molecule has 0 atom stereocenters. The third-order valence-electron chi connectivity index (χ3n) is 2.91. The lowest BCUT2D eigenvalue weighted by atomic mass is 10.1. The number of benzene rings is 2. The predicted octanol–water partition coefficient (Wildman–Crippen LogP) is 3.17. The monoisotopic (exact) mass is 270 g/mol. The summed E-state index contributed by atoms with van der Waals surface area (Å²) in [5, 5.41) is 9.18. The van der Waals surface area contributed by atoms with Gasteiger partial charge >= 0.3 is 11.9 Å². The predicted molar refractivity (Wildman–Crippen MR) is 74.2 cm³/mol. The molecule has 0 fully saturated rings. The van der Waals surface area contributed by atoms with Gasteiger partial charge in [-0.3, -0.25) is 0 Å². The zero-order valence-electron chi connectivity index (χ0n) is 11.0. The van der Waals surface area contributed by atoms with Gasteiger partial charge in [0.05, 0.1) is 5.56 Å². The maximum atomic E-state index is 12.0. The minimum Gasteiger partial charge on any atom is -0.478 e. The number of esters is 1. The highest BCUT2D eigenvalue weighted by atomic mass is 16.5. The Balaban J connectivity index is 2.38. The Morgan fingerprint density at radius 3 is 2.35 bits per heavy atom. The van der Waals surface area contributed by atoms with Crippen LogP contribution in [0.2, 0.25) is 0 Å². The van der Waals surface area contributed by atoms with Gasteiger partial charge in [-0.2, -0.15) is 0 Å². The molecule has 0 saturated carbocycles. The van der Waals surface area contributed by atoms with Crippen LogP contribution in [0.15, 0.2) is 48.5 Å². The van der Waals surface area contributed by atoms with Crippen molar-refractivity contribution in [1.82, 2.24) is 0 Å². The molecule has 2 aromatic carbocycles. The molecule has 2 aromatic rings. The summed E-state index contributed by atoms with van der Waals surface area (Å²) in [6, 6.07) is 13.3. The number of rotatable bonds is 4. The summed E-state index contributed by atoms with van der Waals surface area (Å²) >= 11 is 0. The number of aromatic carboxylic acids is 1. The van der Waals surface area contributed by atoms with E-state index in [1.165, 1.54) is 6.07 Å². The number of carboxylic acid groups (broad SMARTS) is 1. The summed E-state index contributed by atoms with van der Waals surface area (Å²) in [5.41, 5.74) is 1.07. The summed E-state index contributed by atoms with van der Waals surface area (Å²) in [7, 11) is 0. The summed E-state index contributed by atoms with van der Waals surface area (Å²) in [5.74, 6) is -1.55. The third kappa shape index (κ3) is 2.85. The molecule has 0 aliphatic rings. The van der Waals surface area contributed by atoms with Crippen LogP contribution in [0.1, 0.15) is 33.2 Å². The molecule has 0 radical (unpaired) electrons. The van der Waals surface area contributed by atoms with Crippen LogP contribution >= 0.6 is 0 Å². The molecule has 0 spiro atoms. The molecule has 0 amide bonds. The molecule has 0 heterocycles. The van der Waals surface area contributed by atoms with Gasteiger partial charge < -0.3 is 9.84 Å². The van der Waals surface area contributed by atoms with Gasteiger partial charge in [0.1, 0.15) is 11.3 Å². The van der Waals surface area contributed by atoms with Crippen molar-refractivity contribution in [3.63, 3.8) is 0 Å². The van der Waals surface area contributed by atoms with Gasteiger partial charge in [-0.15, -0.1) is 0 Å². The molecule has 102 valence electrons. The van der Waals surface area contributed by atoms with Crippen LogP contribution in [0, 0.1) is 0 Å². The second-order valence-electron chi connectivity index (χ2n) is 4.21. The number of para-hydroxylation sites is 1. The number of carbonyl (C=O) groups is 2. The first-order valence-electron chi connectivity index (χ1n) is 6.26. The van der Waals surface area contributed by atoms with Crippen molar-refractivity contribution in [2.24, 2.45) is 0 Å². The van der Waals surface area contributed by atoms with Crippen LogP contribution in [0.4, 0.5) is 0 Å². The summed E-state index contributed by atoms with van der Waals surface area (Å²) < 4.78 is 5.30. The van der Waals surface area contributed by atoms with E-state index in [0.717, 1.165) is 0 Å². The highest BCUT2D eigenvalue weighted by molar-refractivity contribution is 5.95. The lowest BCUT2D eigenvalue weighted by Gasteiger charge is -2.11. The van der Waals surface area contributed by atoms with E-state index < -0.39 is 11.9 Å². The van der Waals surface area contributed by atoms with Crippen LogP contribution in [0.25, 0.3) is 0 Å². The first-order chi connectivity index (χ1) is 9.63. The standard InChI is InChI=1S/C16H14O4/c1-2-11-9-6-10-13(15(17)18)14(11)20-16(19)12-7-4-3-5-8-12/h3-10H,2H2,1H3,(H,17,18). The van der Waals surface area contributed by atoms with Gasteiger partial charge in [-0.25, -0.2) is 9.59 Å². The zero-order valence-corrected chi connectivity index (χ0v) is 11.0. The van der Waals surface area contributed by atoms with Crippen LogP contribution in [0.5, 0.6) is 5.75 Å². The van der Waals surface area contributed by atoms with Gasteiger partial charge in [-0.1, -0.05) is 37.3 Å². The van der Waals surface area contributed by atoms with Gasteiger partial charge in [0.2, 0.25) is 0 Å². The SMILES string of the molecule is CCc1cccc(C(=O)O)c1OC(=O)c1ccccc1. The second-order valence-corrected chi connectivity index (χ2v) is 4.21. The minimum atomic E-state index is -1.11. The smallest absolute Gasteiger partial charge is 0.343 e. The lowest BCUT2D eigenvalue weighted by molar-refractivity contribution is 0.0680. The number of carbonyl (C=O) groups excluding carboxylic acids is 1. The maximum Gasteiger partial charge on any atom is 0.343 e. The Morgan fingerprint density at radius 2 is 1.75 bits per heavy atom. The minimum absolute atomic E-state index is 0.00590. The fraction of sp³-hybridized carbons (Fsp3) is 0.125. The summed E-state index contributed by atoms with van der Waals surface area (Å²) in [6.45, 7) is 1.88. The fourth-order valence-corrected chi connectivity index (χ4v) is 1.88. The Kier molecular flexibility index (Phi) is 4.15. The largest absolute Gasteiger partial charge is 0.478 e. The van der Waals surface area contributed by atoms with Crippen molar-refractivity contribution in [3.8, 4) is 5.75 Å². The number of hydrogen-bond acceptors (Lipinski definition) is 3. The first-order valence-corrected chi connectivity index (χ1v) is 6.26. The van der Waals surface area contributed by atoms with Crippen LogP contribution in [-0.2, 0) is 6.42 Å². The molecular formula is C16H14O4. The normalized spacial score (nSPS) is 10.1. The molecule has 4 nitrogen and oxygen atoms in total. The molecule has 4 heteroatoms. The Labute approximate surface area is 116 Å². The van der Waals surface area contributed by atoms with Crippen LogP contribution in [0.3, 0.4) is 0 Å². The summed E-state index contributed by atoms with van der Waals surface area (Å²) in [6.07, 6.45) is 0.582. The highest BCUT2D eigenvalue weighted by Gasteiger charge is 2.18. The first kappa shape index (κ1) is 13.8. The fourth-order valence-electron chi connectivity index (χ4n) is 1.88. The zero-order chi connectivity index (χ0) is 14.5. The van der Waals surface area contributed by atoms with E-state index in [2.05, 4.69) is 0 Å². The quantitative estimate of drug-likeness (QED) is 0.684. The van der Waals surface area contributed by atoms with E-state index in [0.29, 0.717) is 17.5 Å². The van der Waals surface area contributed by atoms with Crippen molar-refractivity contribution in [1.29, 1.82) is 0 Å². The van der Waals surface area contributed by atoms with Gasteiger partial charge in [0.25, 0.3) is 0 Å². The van der Waals surface area contributed by atoms with E-state index in [4.69, 9.17) is 4.74 Å². The number of hydrogen-bond donors (Lipinski definition) is 1. The molecule has 0 aromatic heterocycles. The lowest BCUT2D eigenvalue weighted by Crippen LogP contribution is -2.13. The van der Waals surface area contributed by atoms with Crippen LogP contribution in [-0.4, -0.2) is 17.0 Å². The van der Waals surface area contributed by atoms with Gasteiger partial charge in [0, 0.05) is 0 Å². The van der Waals surface area contributed by atoms with Crippen molar-refractivity contribution >= 4 is 11.9 Å². The Hall–Kier alpha value is -2.62. The number of aryl methyl sites for hydroxylation is 1. The van der Waals surface area contributed by atoms with E-state index in [-0.39, 0.29) is 11.3 Å². The number of carboxylic acids is 1. The van der Waals surface area contributed by atoms with Crippen molar-refractivity contribution in [2.45, 2.75) is 13.3 Å². The Bertz CT molecular complexity index is 632. The maximum absolute atomic E-state index is 12.0. The molecule has 2 rings (SSSR count). The molecule has 0 unspecified atom stereocenters. The Morgan fingerprint density at radius 1 is 1.05 bits per heavy atom. The third-order valence-corrected chi connectivity index (χ3v) is 2.91. The summed E-state index contributed by atoms with van der Waals surface area (Å²) in [4.78, 5) is 23.3. The van der Waals surface area contributed by atoms with Crippen molar-refractivity contribution in [3.05, 3.63) is 65.2 Å². The van der Waals surface area contributed by atoms with Crippen molar-refractivity contribution < 1.29 is 19.4 Å². The average molecular weight is 270 g/mol. The second kappa shape index (κ2) is 6.02. The molecule has 0 saturated heterocycles. The van der Waals surface area contributed by atoms with E-state index in [9.17, 15) is 14.7 Å². The molecule has 0 aliphatic heterocycles. The van der Waals surface area contributed by atoms with E-state index in [1.807, 2.05) is 6.92 Å². The van der Waals surface area contributed by atoms with Crippen molar-refractivity contribution in [2.75, 3.05) is 0 Å². The topological polar surface area (TPSA) is 63.6 Å². The molecule has 0 aliphatic carbocycles. The van der Waals surface area contributed by atoms with Crippen LogP contribution < -0.4 is 4.74 Å². The van der Waals surface area contributed by atoms with Gasteiger partial charge in [-0.05, 0) is 30.2 Å². The highest BCUT2D eigenvalue weighted by Crippen LogP contribution is 2.25. The van der Waals surface area contributed by atoms with Gasteiger partial charge in [0.15, 0.2) is 0 Å². The van der Waals surface area contributed by atoms with E-state index >= 15 is 0 Å². The molecule has 1 N–H and O–H groups in total. The molecular weight excluding hydrogens is 256 g/mol. The average Bonchev–Trinajstić information content (AvgIpc) is 2.48.